The zero-order chi connectivity index (χ0) is 30.7. The topological polar surface area (TPSA) is 121 Å². The minimum absolute atomic E-state index is 0.0148. The van der Waals surface area contributed by atoms with Crippen LogP contribution in [-0.2, 0) is 20.9 Å². The van der Waals surface area contributed by atoms with Crippen molar-refractivity contribution in [3.05, 3.63) is 62.8 Å². The van der Waals surface area contributed by atoms with Crippen LogP contribution in [0.1, 0.15) is 30.9 Å². The van der Waals surface area contributed by atoms with Crippen molar-refractivity contribution in [3.63, 3.8) is 0 Å². The highest BCUT2D eigenvalue weighted by Gasteiger charge is 2.31. The molecule has 3 N–H and O–H groups in total. The summed E-state index contributed by atoms with van der Waals surface area (Å²) in [6.07, 6.45) is -2.45. The monoisotopic (exact) mass is 616 g/mol. The number of carbonyl (C=O) groups is 3. The molecule has 0 fully saturated rings. The van der Waals surface area contributed by atoms with Crippen molar-refractivity contribution in [1.29, 1.82) is 5.41 Å². The largest absolute Gasteiger partial charge is 0.573 e. The summed E-state index contributed by atoms with van der Waals surface area (Å²) in [6, 6.07) is 6.25. The molecule has 2 rings (SSSR count). The lowest BCUT2D eigenvalue weighted by atomic mass is 10.0. The summed E-state index contributed by atoms with van der Waals surface area (Å²) in [5.74, 6) is -0.614. The Morgan fingerprint density at radius 3 is 2.39 bits per heavy atom. The third-order valence-electron chi connectivity index (χ3n) is 5.95. The predicted molar refractivity (Wildman–Crippen MR) is 150 cm³/mol. The van der Waals surface area contributed by atoms with Crippen LogP contribution in [0.2, 0.25) is 10.0 Å². The van der Waals surface area contributed by atoms with Gasteiger partial charge in [-0.15, -0.1) is 13.2 Å². The van der Waals surface area contributed by atoms with Crippen LogP contribution in [-0.4, -0.2) is 55.8 Å². The number of carbonyl (C=O) groups excluding carboxylic acids is 3. The number of alkyl halides is 3. The highest BCUT2D eigenvalue weighted by atomic mass is 35.5. The summed E-state index contributed by atoms with van der Waals surface area (Å²) in [4.78, 5) is 36.6. The molecule has 1 unspecified atom stereocenters. The second-order valence-corrected chi connectivity index (χ2v) is 9.54. The maximum absolute atomic E-state index is 12.6. The van der Waals surface area contributed by atoms with E-state index in [0.717, 1.165) is 23.9 Å². The number of nitrogens with one attached hydrogen (secondary N) is 3. The molecule has 0 aliphatic heterocycles. The van der Waals surface area contributed by atoms with Gasteiger partial charge in [-0.1, -0.05) is 35.3 Å². The fraction of sp³-hybridized carbons (Fsp3) is 0.333. The van der Waals surface area contributed by atoms with Gasteiger partial charge < -0.3 is 35.2 Å². The molecule has 0 spiro atoms. The van der Waals surface area contributed by atoms with Gasteiger partial charge in [-0.3, -0.25) is 9.59 Å². The number of hydrogen-bond donors (Lipinski definition) is 3. The van der Waals surface area contributed by atoms with Gasteiger partial charge >= 0.3 is 6.36 Å². The van der Waals surface area contributed by atoms with Crippen LogP contribution >= 0.6 is 23.2 Å². The van der Waals surface area contributed by atoms with Gasteiger partial charge in [-0.25, -0.2) is 0 Å². The highest BCUT2D eigenvalue weighted by Crippen LogP contribution is 2.37. The molecule has 2 aromatic carbocycles. The van der Waals surface area contributed by atoms with E-state index in [0.29, 0.717) is 35.3 Å². The predicted octanol–water partition coefficient (Wildman–Crippen LogP) is 5.67. The normalized spacial score (nSPS) is 12.5. The number of aryl methyl sites for hydroxylation is 1. The Morgan fingerprint density at radius 1 is 1.20 bits per heavy atom. The average Bonchev–Trinajstić information content (AvgIpc) is 2.90. The minimum atomic E-state index is -4.92. The van der Waals surface area contributed by atoms with Gasteiger partial charge in [0, 0.05) is 48.6 Å². The number of amides is 2. The Balaban J connectivity index is 2.29. The van der Waals surface area contributed by atoms with Crippen LogP contribution in [0.25, 0.3) is 0 Å². The second-order valence-electron chi connectivity index (χ2n) is 8.72. The summed E-state index contributed by atoms with van der Waals surface area (Å²) in [6.45, 7) is 3.31. The van der Waals surface area contributed by atoms with Crippen LogP contribution in [0.3, 0.4) is 0 Å². The smallest absolute Gasteiger partial charge is 0.488 e. The summed E-state index contributed by atoms with van der Waals surface area (Å²) < 4.78 is 47.5. The van der Waals surface area contributed by atoms with E-state index in [-0.39, 0.29) is 41.7 Å². The van der Waals surface area contributed by atoms with Gasteiger partial charge in [-0.2, -0.15) is 0 Å². The molecule has 222 valence electrons. The maximum atomic E-state index is 12.6. The third kappa shape index (κ3) is 9.68. The lowest BCUT2D eigenvalue weighted by molar-refractivity contribution is -0.274. The lowest BCUT2D eigenvalue weighted by Gasteiger charge is -2.28. The molecule has 1 atom stereocenters. The molecular formula is C27H29Cl2F3N4O5. The Bertz CT molecular complexity index is 1280. The number of likely N-dealkylation sites (N-methyl/N-ethyl adjacent to an activating group) is 1. The Kier molecular flexibility index (Phi) is 12.5. The van der Waals surface area contributed by atoms with Gasteiger partial charge in [0.05, 0.1) is 22.3 Å². The van der Waals surface area contributed by atoms with E-state index in [9.17, 15) is 27.6 Å². The first-order valence-electron chi connectivity index (χ1n) is 12.1. The quantitative estimate of drug-likeness (QED) is 0.175. The summed E-state index contributed by atoms with van der Waals surface area (Å²) in [5, 5.41) is 13.0. The molecule has 0 aromatic heterocycles. The molecule has 0 saturated carbocycles. The highest BCUT2D eigenvalue weighted by molar-refractivity contribution is 6.39. The number of anilines is 1. The van der Waals surface area contributed by atoms with Crippen molar-refractivity contribution >= 4 is 53.7 Å². The molecule has 0 heterocycles. The maximum Gasteiger partial charge on any atom is 0.573 e. The first-order chi connectivity index (χ1) is 19.3. The van der Waals surface area contributed by atoms with Crippen LogP contribution < -0.4 is 20.1 Å². The zero-order valence-corrected chi connectivity index (χ0v) is 23.9. The number of hydrogen-bond acceptors (Lipinski definition) is 7. The van der Waals surface area contributed by atoms with Gasteiger partial charge in [0.1, 0.15) is 30.4 Å². The van der Waals surface area contributed by atoms with E-state index >= 15 is 0 Å². The molecule has 0 aliphatic rings. The number of nitrogens with zero attached hydrogens (tertiary/aromatic N) is 1. The number of allylic oxidation sites excluding steroid dienone is 1. The molecular weight excluding hydrogens is 588 g/mol. The van der Waals surface area contributed by atoms with Crippen molar-refractivity contribution in [2.24, 2.45) is 0 Å². The first kappa shape index (κ1) is 33.4. The summed E-state index contributed by atoms with van der Waals surface area (Å²) >= 11 is 12.3. The van der Waals surface area contributed by atoms with Gasteiger partial charge in [-0.05, 0) is 31.9 Å². The third-order valence-corrected chi connectivity index (χ3v) is 6.55. The van der Waals surface area contributed by atoms with E-state index in [1.165, 1.54) is 11.9 Å². The van der Waals surface area contributed by atoms with E-state index < -0.39 is 24.1 Å². The SMILES string of the molecule is CNC(=O)C(CCC=O)N(C=O)Cc1c(C)cccc1OC/C(C=N)=C(\C)Nc1c(Cl)cc(OC(F)(F)F)cc1Cl. The molecule has 0 radical (unpaired) electrons. The molecule has 0 saturated heterocycles. The molecule has 41 heavy (non-hydrogen) atoms. The van der Waals surface area contributed by atoms with Crippen LogP contribution in [0.15, 0.2) is 41.6 Å². The standard InChI is InChI=1S/C27H29Cl2F3N4O5/c1-16-6-4-8-24(20(16)13-36(15-38)23(7-5-9-37)26(39)34-3)40-14-18(12-33)17(2)35-25-21(28)10-19(11-22(25)29)41-27(30,31)32/h4,6,8-12,15,23,33,35H,5,7,13-14H2,1-3H3,(H,34,39)/b18-17+,33-12?. The molecule has 14 heteroatoms. The van der Waals surface area contributed by atoms with Crippen LogP contribution in [0.4, 0.5) is 18.9 Å². The van der Waals surface area contributed by atoms with Crippen molar-refractivity contribution in [3.8, 4) is 11.5 Å². The number of rotatable bonds is 15. The van der Waals surface area contributed by atoms with Crippen LogP contribution in [0.5, 0.6) is 11.5 Å². The second kappa shape index (κ2) is 15.3. The Hall–Kier alpha value is -3.77. The number of ether oxygens (including phenoxy) is 2. The molecule has 0 aliphatic carbocycles. The fourth-order valence-electron chi connectivity index (χ4n) is 3.80. The lowest BCUT2D eigenvalue weighted by Crippen LogP contribution is -2.45. The summed E-state index contributed by atoms with van der Waals surface area (Å²) in [7, 11) is 1.44. The molecule has 0 bridgehead atoms. The number of aldehydes is 1. The van der Waals surface area contributed by atoms with Gasteiger partial charge in [0.2, 0.25) is 12.3 Å². The zero-order valence-electron chi connectivity index (χ0n) is 22.4. The molecule has 2 aromatic rings. The van der Waals surface area contributed by atoms with Crippen LogP contribution in [0, 0.1) is 12.3 Å². The first-order valence-corrected chi connectivity index (χ1v) is 12.9. The van der Waals surface area contributed by atoms with Crippen molar-refractivity contribution in [2.75, 3.05) is 19.0 Å². The van der Waals surface area contributed by atoms with E-state index in [4.69, 9.17) is 33.3 Å². The number of benzene rings is 2. The fourth-order valence-corrected chi connectivity index (χ4v) is 4.36. The van der Waals surface area contributed by atoms with E-state index in [2.05, 4.69) is 15.4 Å². The summed E-state index contributed by atoms with van der Waals surface area (Å²) in [5.41, 5.74) is 2.22. The molecule has 2 amide bonds. The van der Waals surface area contributed by atoms with Gasteiger partial charge in [0.15, 0.2) is 0 Å². The van der Waals surface area contributed by atoms with E-state index in [1.54, 1.807) is 19.1 Å². The average molecular weight is 617 g/mol. The Morgan fingerprint density at radius 2 is 1.85 bits per heavy atom. The Labute approximate surface area is 245 Å². The molecule has 9 nitrogen and oxygen atoms in total. The van der Waals surface area contributed by atoms with Gasteiger partial charge in [0.25, 0.3) is 0 Å². The van der Waals surface area contributed by atoms with Crippen molar-refractivity contribution in [1.82, 2.24) is 10.2 Å². The van der Waals surface area contributed by atoms with E-state index in [1.807, 2.05) is 13.0 Å². The van der Waals surface area contributed by atoms with Crippen molar-refractivity contribution < 1.29 is 37.0 Å². The minimum Gasteiger partial charge on any atom is -0.488 e. The van der Waals surface area contributed by atoms with Crippen molar-refractivity contribution in [2.45, 2.75) is 45.6 Å². The number of halogens is 5.